The van der Waals surface area contributed by atoms with Gasteiger partial charge < -0.3 is 11.1 Å². The number of nitrogens with zero attached hydrogens (tertiary/aromatic N) is 1. The van der Waals surface area contributed by atoms with Gasteiger partial charge in [-0.3, -0.25) is 4.90 Å². The van der Waals surface area contributed by atoms with Gasteiger partial charge in [0.2, 0.25) is 0 Å². The SMILES string of the molecule is CCN(C(=O)Nc1cccc(N)c1)c1ccccc1F. The van der Waals surface area contributed by atoms with Gasteiger partial charge in [-0.05, 0) is 37.3 Å². The first-order valence-corrected chi connectivity index (χ1v) is 6.30. The summed E-state index contributed by atoms with van der Waals surface area (Å²) in [5.74, 6) is -0.433. The number of nitrogens with one attached hydrogen (secondary N) is 1. The molecule has 0 aliphatic rings. The summed E-state index contributed by atoms with van der Waals surface area (Å²) in [6.07, 6.45) is 0. The highest BCUT2D eigenvalue weighted by atomic mass is 19.1. The first kappa shape index (κ1) is 13.9. The third kappa shape index (κ3) is 3.06. The van der Waals surface area contributed by atoms with Crippen molar-refractivity contribution in [1.29, 1.82) is 0 Å². The van der Waals surface area contributed by atoms with Crippen molar-refractivity contribution in [3.05, 3.63) is 54.3 Å². The monoisotopic (exact) mass is 273 g/mol. The summed E-state index contributed by atoms with van der Waals surface area (Å²) in [6, 6.07) is 12.6. The molecule has 2 aromatic rings. The maximum atomic E-state index is 13.7. The molecule has 2 amide bonds. The Morgan fingerprint density at radius 1 is 1.25 bits per heavy atom. The van der Waals surface area contributed by atoms with E-state index in [-0.39, 0.29) is 5.69 Å². The molecule has 3 N–H and O–H groups in total. The fourth-order valence-corrected chi connectivity index (χ4v) is 1.90. The first-order chi connectivity index (χ1) is 9.61. The summed E-state index contributed by atoms with van der Waals surface area (Å²) in [7, 11) is 0. The standard InChI is InChI=1S/C15H16FN3O/c1-2-19(14-9-4-3-8-13(14)16)15(20)18-12-7-5-6-11(17)10-12/h3-10H,2,17H2,1H3,(H,18,20). The number of anilines is 3. The lowest BCUT2D eigenvalue weighted by atomic mass is 10.2. The van der Waals surface area contributed by atoms with E-state index in [0.29, 0.717) is 17.9 Å². The molecule has 104 valence electrons. The molecule has 0 bridgehead atoms. The largest absolute Gasteiger partial charge is 0.399 e. The number of hydrogen-bond acceptors (Lipinski definition) is 2. The molecule has 0 aliphatic heterocycles. The third-order valence-corrected chi connectivity index (χ3v) is 2.84. The second-order valence-electron chi connectivity index (χ2n) is 4.25. The molecule has 0 aromatic heterocycles. The van der Waals surface area contributed by atoms with Crippen LogP contribution in [0, 0.1) is 5.82 Å². The predicted octanol–water partition coefficient (Wildman–Crippen LogP) is 3.47. The number of nitrogen functional groups attached to an aromatic ring is 1. The van der Waals surface area contributed by atoms with Gasteiger partial charge in [-0.2, -0.15) is 0 Å². The molecule has 0 saturated heterocycles. The molecular weight excluding hydrogens is 257 g/mol. The molecule has 0 aliphatic carbocycles. The number of halogens is 1. The number of nitrogens with two attached hydrogens (primary N) is 1. The van der Waals surface area contributed by atoms with Gasteiger partial charge in [0, 0.05) is 17.9 Å². The van der Waals surface area contributed by atoms with E-state index in [0.717, 1.165) is 0 Å². The molecule has 0 spiro atoms. The van der Waals surface area contributed by atoms with Crippen molar-refractivity contribution in [2.75, 3.05) is 22.5 Å². The van der Waals surface area contributed by atoms with Crippen molar-refractivity contribution in [2.45, 2.75) is 6.92 Å². The van der Waals surface area contributed by atoms with Crippen LogP contribution in [0.5, 0.6) is 0 Å². The Morgan fingerprint density at radius 3 is 2.65 bits per heavy atom. The number of amides is 2. The van der Waals surface area contributed by atoms with Gasteiger partial charge in [0.05, 0.1) is 5.69 Å². The van der Waals surface area contributed by atoms with E-state index in [9.17, 15) is 9.18 Å². The lowest BCUT2D eigenvalue weighted by Crippen LogP contribution is -2.35. The van der Waals surface area contributed by atoms with E-state index in [1.165, 1.54) is 11.0 Å². The molecule has 0 saturated carbocycles. The Labute approximate surface area is 117 Å². The Morgan fingerprint density at radius 2 is 2.00 bits per heavy atom. The average Bonchev–Trinajstić information content (AvgIpc) is 2.41. The lowest BCUT2D eigenvalue weighted by molar-refractivity contribution is 0.257. The number of para-hydroxylation sites is 1. The van der Waals surface area contributed by atoms with Crippen LogP contribution in [0.25, 0.3) is 0 Å². The first-order valence-electron chi connectivity index (χ1n) is 6.30. The average molecular weight is 273 g/mol. The summed E-state index contributed by atoms with van der Waals surface area (Å²) in [5.41, 5.74) is 7.03. The molecule has 2 aromatic carbocycles. The molecule has 5 heteroatoms. The number of hydrogen-bond donors (Lipinski definition) is 2. The van der Waals surface area contributed by atoms with E-state index in [1.54, 1.807) is 49.4 Å². The van der Waals surface area contributed by atoms with Crippen molar-refractivity contribution in [3.63, 3.8) is 0 Å². The van der Waals surface area contributed by atoms with Gasteiger partial charge in [0.15, 0.2) is 0 Å². The maximum absolute atomic E-state index is 13.7. The maximum Gasteiger partial charge on any atom is 0.326 e. The van der Waals surface area contributed by atoms with Crippen LogP contribution < -0.4 is 16.0 Å². The molecule has 20 heavy (non-hydrogen) atoms. The quantitative estimate of drug-likeness (QED) is 0.841. The van der Waals surface area contributed by atoms with Crippen molar-refractivity contribution in [1.82, 2.24) is 0 Å². The van der Waals surface area contributed by atoms with Gasteiger partial charge in [0.1, 0.15) is 5.82 Å². The number of rotatable bonds is 3. The number of carbonyl (C=O) groups excluding carboxylic acids is 1. The zero-order chi connectivity index (χ0) is 14.5. The number of benzene rings is 2. The van der Waals surface area contributed by atoms with E-state index in [4.69, 9.17) is 5.73 Å². The van der Waals surface area contributed by atoms with Gasteiger partial charge in [-0.15, -0.1) is 0 Å². The highest BCUT2D eigenvalue weighted by molar-refractivity contribution is 6.01. The minimum Gasteiger partial charge on any atom is -0.399 e. The van der Waals surface area contributed by atoms with Crippen LogP contribution >= 0.6 is 0 Å². The van der Waals surface area contributed by atoms with Crippen LogP contribution in [0.4, 0.5) is 26.2 Å². The summed E-state index contributed by atoms with van der Waals surface area (Å²) in [6.45, 7) is 2.14. The van der Waals surface area contributed by atoms with Gasteiger partial charge in [-0.1, -0.05) is 18.2 Å². The molecule has 2 rings (SSSR count). The Kier molecular flexibility index (Phi) is 4.20. The van der Waals surface area contributed by atoms with Crippen LogP contribution in [0.2, 0.25) is 0 Å². The zero-order valence-corrected chi connectivity index (χ0v) is 11.1. The van der Waals surface area contributed by atoms with E-state index in [2.05, 4.69) is 5.32 Å². The van der Waals surface area contributed by atoms with Crippen molar-refractivity contribution in [2.24, 2.45) is 0 Å². The normalized spacial score (nSPS) is 10.1. The summed E-state index contributed by atoms with van der Waals surface area (Å²) < 4.78 is 13.7. The summed E-state index contributed by atoms with van der Waals surface area (Å²) >= 11 is 0. The second-order valence-corrected chi connectivity index (χ2v) is 4.25. The van der Waals surface area contributed by atoms with Crippen molar-refractivity contribution in [3.8, 4) is 0 Å². The molecule has 0 unspecified atom stereocenters. The van der Waals surface area contributed by atoms with Crippen LogP contribution in [0.15, 0.2) is 48.5 Å². The lowest BCUT2D eigenvalue weighted by Gasteiger charge is -2.22. The Hall–Kier alpha value is -2.56. The van der Waals surface area contributed by atoms with Crippen molar-refractivity contribution >= 4 is 23.1 Å². The van der Waals surface area contributed by atoms with Crippen molar-refractivity contribution < 1.29 is 9.18 Å². The smallest absolute Gasteiger partial charge is 0.326 e. The molecule has 4 nitrogen and oxygen atoms in total. The van der Waals surface area contributed by atoms with Gasteiger partial charge >= 0.3 is 6.03 Å². The van der Waals surface area contributed by atoms with Crippen LogP contribution in [0.1, 0.15) is 6.92 Å². The molecule has 0 heterocycles. The van der Waals surface area contributed by atoms with E-state index in [1.807, 2.05) is 0 Å². The Bertz CT molecular complexity index is 616. The number of urea groups is 1. The summed E-state index contributed by atoms with van der Waals surface area (Å²) in [4.78, 5) is 13.5. The fraction of sp³-hybridized carbons (Fsp3) is 0.133. The topological polar surface area (TPSA) is 58.4 Å². The molecule has 0 atom stereocenters. The minimum atomic E-state index is -0.433. The van der Waals surface area contributed by atoms with E-state index >= 15 is 0 Å². The number of carbonyl (C=O) groups is 1. The van der Waals surface area contributed by atoms with Gasteiger partial charge in [-0.25, -0.2) is 9.18 Å². The molecule has 0 radical (unpaired) electrons. The molecule has 0 fully saturated rings. The minimum absolute atomic E-state index is 0.247. The van der Waals surface area contributed by atoms with Gasteiger partial charge in [0.25, 0.3) is 0 Å². The predicted molar refractivity (Wildman–Crippen MR) is 79.3 cm³/mol. The zero-order valence-electron chi connectivity index (χ0n) is 11.1. The van der Waals surface area contributed by atoms with Crippen LogP contribution in [-0.2, 0) is 0 Å². The highest BCUT2D eigenvalue weighted by Crippen LogP contribution is 2.20. The van der Waals surface area contributed by atoms with E-state index < -0.39 is 11.8 Å². The molecular formula is C15H16FN3O. The van der Waals surface area contributed by atoms with Crippen LogP contribution in [-0.4, -0.2) is 12.6 Å². The second kappa shape index (κ2) is 6.06. The summed E-state index contributed by atoms with van der Waals surface area (Å²) in [5, 5.41) is 2.70. The highest BCUT2D eigenvalue weighted by Gasteiger charge is 2.17. The third-order valence-electron chi connectivity index (χ3n) is 2.84. The Balaban J connectivity index is 2.20. The van der Waals surface area contributed by atoms with Crippen LogP contribution in [0.3, 0.4) is 0 Å². The fourth-order valence-electron chi connectivity index (χ4n) is 1.90.